The number of alkyl halides is 1. The van der Waals surface area contributed by atoms with Crippen LogP contribution in [0.3, 0.4) is 0 Å². The lowest BCUT2D eigenvalue weighted by molar-refractivity contribution is 0.0664. The van der Waals surface area contributed by atoms with E-state index in [0.29, 0.717) is 60.0 Å². The number of hydrogen-bond acceptors (Lipinski definition) is 7. The number of rotatable bonds is 6. The van der Waals surface area contributed by atoms with Crippen LogP contribution >= 0.6 is 11.6 Å². The van der Waals surface area contributed by atoms with Gasteiger partial charge in [-0.15, -0.1) is 0 Å². The first-order chi connectivity index (χ1) is 18.5. The number of benzene rings is 2. The maximum Gasteiger partial charge on any atom is 0.229 e. The van der Waals surface area contributed by atoms with Gasteiger partial charge in [0.2, 0.25) is 5.95 Å². The van der Waals surface area contributed by atoms with Crippen molar-refractivity contribution in [2.45, 2.75) is 25.1 Å². The molecule has 6 rings (SSSR count). The van der Waals surface area contributed by atoms with E-state index < -0.39 is 12.3 Å². The average molecular weight is 539 g/mol. The van der Waals surface area contributed by atoms with Crippen LogP contribution in [-0.4, -0.2) is 52.5 Å². The summed E-state index contributed by atoms with van der Waals surface area (Å²) in [7, 11) is 1.58. The fourth-order valence-electron chi connectivity index (χ4n) is 4.95. The summed E-state index contributed by atoms with van der Waals surface area (Å²) in [5.74, 6) is 1.32. The van der Waals surface area contributed by atoms with Gasteiger partial charge in [0.25, 0.3) is 0 Å². The van der Waals surface area contributed by atoms with E-state index in [4.69, 9.17) is 31.0 Å². The standard InChI is InChI=1S/C27H25ClF2N6O2/c1-37-22-12-19(6-7-21(22)36-14-23(28)31-15-36)32-27-33-24-20(26(34-27)35-10-8-18(30)13-35)9-11-38-25(24)16-2-4-17(29)5-3-16/h2-7,12,14-15,18,25H,8-11,13H2,1H3,(H,32,33,34)/t18-,25?/m1/s1. The van der Waals surface area contributed by atoms with Crippen molar-refractivity contribution in [1.29, 1.82) is 0 Å². The van der Waals surface area contributed by atoms with Gasteiger partial charge in [0.05, 0.1) is 31.6 Å². The summed E-state index contributed by atoms with van der Waals surface area (Å²) in [4.78, 5) is 15.7. The molecule has 0 amide bonds. The van der Waals surface area contributed by atoms with Crippen molar-refractivity contribution in [3.05, 3.63) is 82.8 Å². The summed E-state index contributed by atoms with van der Waals surface area (Å²) in [5.41, 5.74) is 3.87. The van der Waals surface area contributed by atoms with E-state index in [2.05, 4.69) is 10.3 Å². The largest absolute Gasteiger partial charge is 0.494 e. The van der Waals surface area contributed by atoms with E-state index in [1.165, 1.54) is 12.1 Å². The Bertz CT molecular complexity index is 1460. The summed E-state index contributed by atoms with van der Waals surface area (Å²) in [6.07, 6.45) is 2.96. The average Bonchev–Trinajstić information content (AvgIpc) is 3.56. The SMILES string of the molecule is COc1cc(Nc2nc3c(c(N4CC[C@@H](F)C4)n2)CCOC3c2ccc(F)cc2)ccc1-n1cnc(Cl)c1. The maximum atomic E-state index is 14.2. The van der Waals surface area contributed by atoms with Crippen LogP contribution in [0.4, 0.5) is 26.2 Å². The molecule has 2 aromatic carbocycles. The predicted molar refractivity (Wildman–Crippen MR) is 140 cm³/mol. The zero-order chi connectivity index (χ0) is 26.2. The van der Waals surface area contributed by atoms with Gasteiger partial charge in [-0.05, 0) is 36.2 Å². The summed E-state index contributed by atoms with van der Waals surface area (Å²) < 4.78 is 41.3. The van der Waals surface area contributed by atoms with E-state index in [-0.39, 0.29) is 12.4 Å². The monoisotopic (exact) mass is 538 g/mol. The van der Waals surface area contributed by atoms with Gasteiger partial charge in [0, 0.05) is 36.5 Å². The summed E-state index contributed by atoms with van der Waals surface area (Å²) >= 11 is 5.99. The van der Waals surface area contributed by atoms with Crippen LogP contribution in [0.2, 0.25) is 5.15 Å². The highest BCUT2D eigenvalue weighted by Gasteiger charge is 2.32. The summed E-state index contributed by atoms with van der Waals surface area (Å²) in [6, 6.07) is 11.8. The highest BCUT2D eigenvalue weighted by Crippen LogP contribution is 2.38. The van der Waals surface area contributed by atoms with Gasteiger partial charge in [-0.1, -0.05) is 23.7 Å². The first-order valence-electron chi connectivity index (χ1n) is 12.3. The normalized spacial score (nSPS) is 18.9. The highest BCUT2D eigenvalue weighted by atomic mass is 35.5. The molecule has 38 heavy (non-hydrogen) atoms. The number of ether oxygens (including phenoxy) is 2. The van der Waals surface area contributed by atoms with Crippen molar-refractivity contribution in [1.82, 2.24) is 19.5 Å². The molecule has 0 aliphatic carbocycles. The molecule has 11 heteroatoms. The van der Waals surface area contributed by atoms with Crippen molar-refractivity contribution in [2.24, 2.45) is 0 Å². The van der Waals surface area contributed by atoms with E-state index in [1.54, 1.807) is 36.3 Å². The number of methoxy groups -OCH3 is 1. The Morgan fingerprint density at radius 1 is 1.16 bits per heavy atom. The van der Waals surface area contributed by atoms with E-state index in [0.717, 1.165) is 16.8 Å². The number of aromatic nitrogens is 4. The molecule has 0 saturated carbocycles. The smallest absolute Gasteiger partial charge is 0.229 e. The number of anilines is 3. The highest BCUT2D eigenvalue weighted by molar-refractivity contribution is 6.29. The molecular formula is C27H25ClF2N6O2. The molecule has 8 nitrogen and oxygen atoms in total. The fourth-order valence-corrected chi connectivity index (χ4v) is 5.10. The van der Waals surface area contributed by atoms with Crippen molar-refractivity contribution in [3.63, 3.8) is 0 Å². The van der Waals surface area contributed by atoms with Crippen molar-refractivity contribution in [3.8, 4) is 11.4 Å². The number of fused-ring (bicyclic) bond motifs is 1. The minimum absolute atomic E-state index is 0.279. The van der Waals surface area contributed by atoms with Crippen LogP contribution in [0.5, 0.6) is 5.75 Å². The Hall–Kier alpha value is -3.76. The minimum atomic E-state index is -0.904. The van der Waals surface area contributed by atoms with Gasteiger partial charge in [0.15, 0.2) is 0 Å². The van der Waals surface area contributed by atoms with Gasteiger partial charge in [0.1, 0.15) is 41.1 Å². The third kappa shape index (κ3) is 4.77. The molecule has 1 N–H and O–H groups in total. The molecule has 1 fully saturated rings. The van der Waals surface area contributed by atoms with Crippen LogP contribution in [0, 0.1) is 5.82 Å². The second kappa shape index (κ2) is 10.2. The number of nitrogens with zero attached hydrogens (tertiary/aromatic N) is 5. The zero-order valence-electron chi connectivity index (χ0n) is 20.6. The van der Waals surface area contributed by atoms with Gasteiger partial charge < -0.3 is 24.3 Å². The Morgan fingerprint density at radius 2 is 2.00 bits per heavy atom. The minimum Gasteiger partial charge on any atom is -0.494 e. The molecule has 0 spiro atoms. The lowest BCUT2D eigenvalue weighted by Gasteiger charge is -2.30. The molecular weight excluding hydrogens is 514 g/mol. The van der Waals surface area contributed by atoms with Crippen LogP contribution in [0.15, 0.2) is 55.0 Å². The first-order valence-corrected chi connectivity index (χ1v) is 12.7. The van der Waals surface area contributed by atoms with Gasteiger partial charge >= 0.3 is 0 Å². The Morgan fingerprint density at radius 3 is 2.71 bits per heavy atom. The molecule has 4 heterocycles. The zero-order valence-corrected chi connectivity index (χ0v) is 21.3. The lowest BCUT2D eigenvalue weighted by atomic mass is 9.98. The maximum absolute atomic E-state index is 14.2. The number of halogens is 3. The fraction of sp³-hybridized carbons (Fsp3) is 0.296. The lowest BCUT2D eigenvalue weighted by Crippen LogP contribution is -2.28. The number of hydrogen-bond donors (Lipinski definition) is 1. The van der Waals surface area contributed by atoms with Crippen molar-refractivity contribution in [2.75, 3.05) is 37.0 Å². The van der Waals surface area contributed by atoms with E-state index in [1.807, 2.05) is 23.1 Å². The van der Waals surface area contributed by atoms with E-state index in [9.17, 15) is 8.78 Å². The molecule has 2 aliphatic heterocycles. The van der Waals surface area contributed by atoms with Crippen LogP contribution in [-0.2, 0) is 11.2 Å². The molecule has 0 radical (unpaired) electrons. The summed E-state index contributed by atoms with van der Waals surface area (Å²) in [6.45, 7) is 1.31. The second-order valence-corrected chi connectivity index (χ2v) is 9.62. The van der Waals surface area contributed by atoms with Gasteiger partial charge in [-0.3, -0.25) is 0 Å². The molecule has 4 aromatic rings. The van der Waals surface area contributed by atoms with Gasteiger partial charge in [-0.2, -0.15) is 4.98 Å². The topological polar surface area (TPSA) is 77.3 Å². The first kappa shape index (κ1) is 24.6. The van der Waals surface area contributed by atoms with Crippen LogP contribution in [0.25, 0.3) is 5.69 Å². The second-order valence-electron chi connectivity index (χ2n) is 9.23. The van der Waals surface area contributed by atoms with Crippen LogP contribution in [0.1, 0.15) is 29.3 Å². The van der Waals surface area contributed by atoms with E-state index >= 15 is 0 Å². The van der Waals surface area contributed by atoms with Crippen molar-refractivity contribution < 1.29 is 18.3 Å². The van der Waals surface area contributed by atoms with Crippen molar-refractivity contribution >= 4 is 29.1 Å². The number of imidazole rings is 1. The third-order valence-corrected chi connectivity index (χ3v) is 6.97. The predicted octanol–water partition coefficient (Wildman–Crippen LogP) is 5.42. The molecule has 196 valence electrons. The Kier molecular flexibility index (Phi) is 6.59. The molecule has 2 aliphatic rings. The quantitative estimate of drug-likeness (QED) is 0.351. The molecule has 1 unspecified atom stereocenters. The van der Waals surface area contributed by atoms with Gasteiger partial charge in [-0.25, -0.2) is 18.7 Å². The molecule has 1 saturated heterocycles. The number of nitrogens with one attached hydrogen (secondary N) is 1. The Labute approximate surface area is 223 Å². The van der Waals surface area contributed by atoms with Crippen LogP contribution < -0.4 is 15.0 Å². The molecule has 2 atom stereocenters. The molecule has 0 bridgehead atoms. The third-order valence-electron chi connectivity index (χ3n) is 6.77. The molecule has 2 aromatic heterocycles. The summed E-state index contributed by atoms with van der Waals surface area (Å²) in [5, 5.41) is 3.65. The Balaban J connectivity index is 1.39.